The highest BCUT2D eigenvalue weighted by Gasteiger charge is 2.36. The van der Waals surface area contributed by atoms with Crippen molar-refractivity contribution in [2.45, 2.75) is 19.1 Å². The Bertz CT molecular complexity index is 478. The molecule has 1 aromatic rings. The van der Waals surface area contributed by atoms with Gasteiger partial charge in [0.1, 0.15) is 12.2 Å². The van der Waals surface area contributed by atoms with E-state index >= 15 is 0 Å². The summed E-state index contributed by atoms with van der Waals surface area (Å²) in [5.41, 5.74) is 2.71. The van der Waals surface area contributed by atoms with Crippen molar-refractivity contribution in [2.24, 2.45) is 0 Å². The Hall–Kier alpha value is -1.59. The number of aryl methyl sites for hydroxylation is 1. The highest BCUT2D eigenvalue weighted by atomic mass is 16.5. The number of anilines is 1. The fourth-order valence-electron chi connectivity index (χ4n) is 2.59. The van der Waals surface area contributed by atoms with Crippen molar-refractivity contribution in [3.05, 3.63) is 29.3 Å². The molecule has 0 saturated carbocycles. The number of carbonyl (C=O) groups excluding carboxylic acids is 1. The van der Waals surface area contributed by atoms with Gasteiger partial charge in [-0.05, 0) is 30.7 Å². The Balaban J connectivity index is 2.16. The van der Waals surface area contributed by atoms with Crippen LogP contribution in [0.25, 0.3) is 0 Å². The van der Waals surface area contributed by atoms with Crippen LogP contribution < -0.4 is 5.32 Å². The van der Waals surface area contributed by atoms with Gasteiger partial charge in [-0.3, -0.25) is 4.79 Å². The molecule has 1 aromatic carbocycles. The molecule has 1 fully saturated rings. The monoisotopic (exact) mass is 278 g/mol. The first-order valence-electron chi connectivity index (χ1n) is 6.74. The average Bonchev–Trinajstić information content (AvgIpc) is 2.89. The molecule has 2 rings (SSSR count). The molecule has 0 radical (unpaired) electrons. The van der Waals surface area contributed by atoms with Gasteiger partial charge in [-0.2, -0.15) is 0 Å². The van der Waals surface area contributed by atoms with Gasteiger partial charge in [0.25, 0.3) is 5.91 Å². The summed E-state index contributed by atoms with van der Waals surface area (Å²) < 4.78 is 10.7. The van der Waals surface area contributed by atoms with Crippen molar-refractivity contribution in [2.75, 3.05) is 39.7 Å². The van der Waals surface area contributed by atoms with Crippen LogP contribution in [0.2, 0.25) is 0 Å². The number of benzene rings is 1. The molecule has 1 aliphatic rings. The fraction of sp³-hybridized carbons (Fsp3) is 0.533. The third-order valence-electron chi connectivity index (χ3n) is 3.85. The number of ether oxygens (including phenoxy) is 2. The molecule has 0 aromatic heterocycles. The van der Waals surface area contributed by atoms with E-state index in [9.17, 15) is 4.79 Å². The first-order chi connectivity index (χ1) is 9.60. The van der Waals surface area contributed by atoms with Gasteiger partial charge in [-0.15, -0.1) is 0 Å². The minimum Gasteiger partial charge on any atom is -0.388 e. The third-order valence-corrected chi connectivity index (χ3v) is 3.85. The second-order valence-corrected chi connectivity index (χ2v) is 5.04. The summed E-state index contributed by atoms with van der Waals surface area (Å²) in [6.07, 6.45) is -0.110. The number of hydrogen-bond donors (Lipinski definition) is 1. The Morgan fingerprint density at radius 3 is 2.30 bits per heavy atom. The van der Waals surface area contributed by atoms with E-state index in [2.05, 4.69) is 5.32 Å². The lowest BCUT2D eigenvalue weighted by molar-refractivity contribution is -0.00461. The molecule has 1 amide bonds. The minimum absolute atomic E-state index is 0.0340. The predicted octanol–water partition coefficient (Wildman–Crippen LogP) is 1.52. The van der Waals surface area contributed by atoms with Crippen molar-refractivity contribution in [3.8, 4) is 0 Å². The van der Waals surface area contributed by atoms with Crippen LogP contribution in [0.1, 0.15) is 15.9 Å². The minimum atomic E-state index is -0.0548. The molecule has 1 aliphatic heterocycles. The molecule has 2 atom stereocenters. The molecule has 1 N–H and O–H groups in total. The molecule has 0 spiro atoms. The fourth-order valence-corrected chi connectivity index (χ4v) is 2.59. The van der Waals surface area contributed by atoms with Gasteiger partial charge in [0, 0.05) is 45.6 Å². The Kier molecular flexibility index (Phi) is 4.62. The first-order valence-corrected chi connectivity index (χ1v) is 6.74. The van der Waals surface area contributed by atoms with Gasteiger partial charge in [0.05, 0.1) is 0 Å². The smallest absolute Gasteiger partial charge is 0.254 e. The molecule has 5 nitrogen and oxygen atoms in total. The molecule has 0 aliphatic carbocycles. The molecule has 1 heterocycles. The summed E-state index contributed by atoms with van der Waals surface area (Å²) in [4.78, 5) is 14.4. The van der Waals surface area contributed by atoms with Crippen molar-refractivity contribution in [3.63, 3.8) is 0 Å². The zero-order valence-electron chi connectivity index (χ0n) is 12.5. The summed E-state index contributed by atoms with van der Waals surface area (Å²) in [5, 5.41) is 3.07. The summed E-state index contributed by atoms with van der Waals surface area (Å²) in [5.74, 6) is 0.0340. The van der Waals surface area contributed by atoms with E-state index in [-0.39, 0.29) is 18.1 Å². The predicted molar refractivity (Wildman–Crippen MR) is 78.2 cm³/mol. The van der Waals surface area contributed by atoms with Gasteiger partial charge in [-0.25, -0.2) is 0 Å². The summed E-state index contributed by atoms with van der Waals surface area (Å²) in [7, 11) is 5.17. The lowest BCUT2D eigenvalue weighted by Crippen LogP contribution is -2.30. The molecule has 2 unspecified atom stereocenters. The van der Waals surface area contributed by atoms with Crippen LogP contribution in [0.15, 0.2) is 18.2 Å². The number of likely N-dealkylation sites (tertiary alicyclic amines) is 1. The Morgan fingerprint density at radius 2 is 1.85 bits per heavy atom. The van der Waals surface area contributed by atoms with E-state index in [0.717, 1.165) is 16.8 Å². The lowest BCUT2D eigenvalue weighted by Gasteiger charge is -2.17. The quantitative estimate of drug-likeness (QED) is 0.907. The number of nitrogens with one attached hydrogen (secondary N) is 1. The van der Waals surface area contributed by atoms with Crippen molar-refractivity contribution >= 4 is 11.6 Å². The van der Waals surface area contributed by atoms with Gasteiger partial charge >= 0.3 is 0 Å². The van der Waals surface area contributed by atoms with Crippen molar-refractivity contribution in [1.29, 1.82) is 0 Å². The van der Waals surface area contributed by atoms with E-state index in [1.165, 1.54) is 0 Å². The van der Waals surface area contributed by atoms with Crippen LogP contribution in [0.5, 0.6) is 0 Å². The van der Waals surface area contributed by atoms with E-state index in [0.29, 0.717) is 13.1 Å². The van der Waals surface area contributed by atoms with Gasteiger partial charge in [0.15, 0.2) is 0 Å². The zero-order valence-corrected chi connectivity index (χ0v) is 12.5. The summed E-state index contributed by atoms with van der Waals surface area (Å²) in [6, 6.07) is 5.76. The van der Waals surface area contributed by atoms with Gasteiger partial charge < -0.3 is 19.7 Å². The van der Waals surface area contributed by atoms with Gasteiger partial charge in [-0.1, -0.05) is 0 Å². The van der Waals surface area contributed by atoms with Crippen molar-refractivity contribution in [1.82, 2.24) is 4.90 Å². The number of hydrogen-bond acceptors (Lipinski definition) is 4. The number of methoxy groups -OCH3 is 2. The summed E-state index contributed by atoms with van der Waals surface area (Å²) >= 11 is 0. The maximum absolute atomic E-state index is 12.6. The molecule has 110 valence electrons. The van der Waals surface area contributed by atoms with Crippen molar-refractivity contribution < 1.29 is 14.3 Å². The Labute approximate surface area is 119 Å². The number of rotatable bonds is 4. The SMILES string of the molecule is CNc1ccc(C(=O)N2CC(OC)C(OC)C2)c(C)c1. The second-order valence-electron chi connectivity index (χ2n) is 5.04. The topological polar surface area (TPSA) is 50.8 Å². The standard InChI is InChI=1S/C15H22N2O3/c1-10-7-11(16-2)5-6-12(10)15(18)17-8-13(19-3)14(9-17)20-4/h5-7,13-14,16H,8-9H2,1-4H3. The van der Waals surface area contributed by atoms with Crippen LogP contribution in [-0.2, 0) is 9.47 Å². The zero-order chi connectivity index (χ0) is 14.7. The average molecular weight is 278 g/mol. The molecule has 0 bridgehead atoms. The molecular weight excluding hydrogens is 256 g/mol. The maximum Gasteiger partial charge on any atom is 0.254 e. The molecule has 1 saturated heterocycles. The van der Waals surface area contributed by atoms with E-state index in [1.54, 1.807) is 19.1 Å². The van der Waals surface area contributed by atoms with Crippen LogP contribution in [-0.4, -0.2) is 57.4 Å². The van der Waals surface area contributed by atoms with Crippen LogP contribution >= 0.6 is 0 Å². The molecule has 5 heteroatoms. The van der Waals surface area contributed by atoms with E-state index in [4.69, 9.17) is 9.47 Å². The Morgan fingerprint density at radius 1 is 1.25 bits per heavy atom. The normalized spacial score (nSPS) is 22.1. The lowest BCUT2D eigenvalue weighted by atomic mass is 10.1. The van der Waals surface area contributed by atoms with Crippen LogP contribution in [0, 0.1) is 6.92 Å². The molecular formula is C15H22N2O3. The van der Waals surface area contributed by atoms with E-state index < -0.39 is 0 Å². The summed E-state index contributed by atoms with van der Waals surface area (Å²) in [6.45, 7) is 3.09. The number of amides is 1. The number of carbonyl (C=O) groups is 1. The van der Waals surface area contributed by atoms with Crippen LogP contribution in [0.3, 0.4) is 0 Å². The van der Waals surface area contributed by atoms with Crippen LogP contribution in [0.4, 0.5) is 5.69 Å². The number of nitrogens with zero attached hydrogens (tertiary/aromatic N) is 1. The largest absolute Gasteiger partial charge is 0.388 e. The maximum atomic E-state index is 12.6. The second kappa shape index (κ2) is 6.24. The highest BCUT2D eigenvalue weighted by Crippen LogP contribution is 2.21. The third kappa shape index (κ3) is 2.78. The molecule has 20 heavy (non-hydrogen) atoms. The van der Waals surface area contributed by atoms with E-state index in [1.807, 2.05) is 32.2 Å². The highest BCUT2D eigenvalue weighted by molar-refractivity contribution is 5.96. The first kappa shape index (κ1) is 14.8. The van der Waals surface area contributed by atoms with Gasteiger partial charge in [0.2, 0.25) is 0 Å².